The predicted molar refractivity (Wildman–Crippen MR) is 71.4 cm³/mol. The molecule has 0 spiro atoms. The fraction of sp³-hybridized carbons (Fsp3) is 0.769. The summed E-state index contributed by atoms with van der Waals surface area (Å²) in [5, 5.41) is 5.38. The van der Waals surface area contributed by atoms with Gasteiger partial charge in [0.25, 0.3) is 0 Å². The summed E-state index contributed by atoms with van der Waals surface area (Å²) in [5.41, 5.74) is -0.273. The van der Waals surface area contributed by atoms with Crippen LogP contribution in [-0.2, 0) is 19.1 Å². The minimum atomic E-state index is -0.386. The van der Waals surface area contributed by atoms with E-state index in [-0.39, 0.29) is 49.1 Å². The van der Waals surface area contributed by atoms with Gasteiger partial charge in [-0.05, 0) is 27.7 Å². The topological polar surface area (TPSA) is 84.5 Å². The molecule has 0 aliphatic heterocycles. The summed E-state index contributed by atoms with van der Waals surface area (Å²) in [6.07, 6.45) is 0.371. The Morgan fingerprint density at radius 1 is 1.00 bits per heavy atom. The molecule has 0 aromatic carbocycles. The van der Waals surface area contributed by atoms with E-state index < -0.39 is 0 Å². The van der Waals surface area contributed by atoms with Crippen LogP contribution in [0, 0.1) is 0 Å². The highest BCUT2D eigenvalue weighted by Gasteiger charge is 2.13. The van der Waals surface area contributed by atoms with Crippen LogP contribution in [0.4, 0.5) is 0 Å². The van der Waals surface area contributed by atoms with E-state index in [0.29, 0.717) is 6.61 Å². The van der Waals surface area contributed by atoms with E-state index in [1.165, 1.54) is 0 Å². The molecular weight excluding hydrogens is 248 g/mol. The van der Waals surface area contributed by atoms with Crippen LogP contribution in [0.1, 0.15) is 47.0 Å². The molecule has 0 rings (SSSR count). The summed E-state index contributed by atoms with van der Waals surface area (Å²) in [7, 11) is 0. The van der Waals surface area contributed by atoms with Gasteiger partial charge in [-0.2, -0.15) is 0 Å². The summed E-state index contributed by atoms with van der Waals surface area (Å²) >= 11 is 0. The van der Waals surface area contributed by atoms with Crippen LogP contribution in [0.5, 0.6) is 0 Å². The Hall–Kier alpha value is -1.59. The maximum absolute atomic E-state index is 11.5. The Kier molecular flexibility index (Phi) is 7.79. The zero-order valence-corrected chi connectivity index (χ0v) is 12.2. The fourth-order valence-corrected chi connectivity index (χ4v) is 1.33. The lowest BCUT2D eigenvalue weighted by Gasteiger charge is -2.20. The average molecular weight is 272 g/mol. The number of carbonyl (C=O) groups is 3. The summed E-state index contributed by atoms with van der Waals surface area (Å²) in [6.45, 7) is 7.97. The molecule has 0 bridgehead atoms. The maximum Gasteiger partial charge on any atom is 0.306 e. The van der Waals surface area contributed by atoms with Gasteiger partial charge in [0.2, 0.25) is 11.8 Å². The lowest BCUT2D eigenvalue weighted by atomic mass is 10.1. The fourth-order valence-electron chi connectivity index (χ4n) is 1.33. The SMILES string of the molecule is CCOC(=O)CCC(=O)NCCC(=O)NC(C)(C)C. The monoisotopic (exact) mass is 272 g/mol. The molecule has 0 unspecified atom stereocenters. The zero-order chi connectivity index (χ0) is 14.9. The van der Waals surface area contributed by atoms with Gasteiger partial charge in [0.1, 0.15) is 0 Å². The zero-order valence-electron chi connectivity index (χ0n) is 12.2. The van der Waals surface area contributed by atoms with Gasteiger partial charge >= 0.3 is 5.97 Å². The van der Waals surface area contributed by atoms with Gasteiger partial charge in [-0.25, -0.2) is 0 Å². The Labute approximate surface area is 114 Å². The second-order valence-corrected chi connectivity index (χ2v) is 5.20. The molecule has 0 heterocycles. The quantitative estimate of drug-likeness (QED) is 0.670. The number of amides is 2. The summed E-state index contributed by atoms with van der Waals surface area (Å²) in [5.74, 6) is -0.752. The molecule has 0 aromatic rings. The van der Waals surface area contributed by atoms with E-state index in [2.05, 4.69) is 10.6 Å². The van der Waals surface area contributed by atoms with Crippen molar-refractivity contribution in [1.29, 1.82) is 0 Å². The normalized spacial score (nSPS) is 10.7. The lowest BCUT2D eigenvalue weighted by molar-refractivity contribution is -0.144. The molecule has 0 aliphatic carbocycles. The second kappa shape index (κ2) is 8.50. The third kappa shape index (κ3) is 11.2. The number of hydrogen-bond donors (Lipinski definition) is 2. The summed E-state index contributed by atoms with van der Waals surface area (Å²) in [4.78, 5) is 33.8. The molecule has 0 saturated carbocycles. The van der Waals surface area contributed by atoms with Gasteiger partial charge in [-0.3, -0.25) is 14.4 Å². The van der Waals surface area contributed by atoms with E-state index >= 15 is 0 Å². The number of ether oxygens (including phenoxy) is 1. The van der Waals surface area contributed by atoms with E-state index in [9.17, 15) is 14.4 Å². The molecule has 2 N–H and O–H groups in total. The van der Waals surface area contributed by atoms with Crippen LogP contribution in [0.3, 0.4) is 0 Å². The lowest BCUT2D eigenvalue weighted by Crippen LogP contribution is -2.42. The van der Waals surface area contributed by atoms with E-state index in [1.807, 2.05) is 20.8 Å². The van der Waals surface area contributed by atoms with Crippen molar-refractivity contribution in [3.63, 3.8) is 0 Å². The molecule has 6 nitrogen and oxygen atoms in total. The first kappa shape index (κ1) is 17.4. The Morgan fingerprint density at radius 3 is 2.16 bits per heavy atom. The van der Waals surface area contributed by atoms with Crippen molar-refractivity contribution in [2.24, 2.45) is 0 Å². The number of nitrogens with one attached hydrogen (secondary N) is 2. The van der Waals surface area contributed by atoms with Crippen LogP contribution in [0.25, 0.3) is 0 Å². The molecule has 19 heavy (non-hydrogen) atoms. The highest BCUT2D eigenvalue weighted by Crippen LogP contribution is 1.99. The second-order valence-electron chi connectivity index (χ2n) is 5.20. The Morgan fingerprint density at radius 2 is 1.63 bits per heavy atom. The molecule has 2 amide bonds. The minimum absolute atomic E-state index is 0.0634. The molecular formula is C13H24N2O4. The Bertz CT molecular complexity index is 321. The Balaban J connectivity index is 3.69. The third-order valence-corrected chi connectivity index (χ3v) is 2.05. The van der Waals surface area contributed by atoms with Crippen molar-refractivity contribution in [1.82, 2.24) is 10.6 Å². The van der Waals surface area contributed by atoms with Crippen molar-refractivity contribution in [3.8, 4) is 0 Å². The van der Waals surface area contributed by atoms with Crippen LogP contribution in [0.15, 0.2) is 0 Å². The van der Waals surface area contributed by atoms with Crippen molar-refractivity contribution >= 4 is 17.8 Å². The van der Waals surface area contributed by atoms with Crippen molar-refractivity contribution in [3.05, 3.63) is 0 Å². The van der Waals surface area contributed by atoms with Crippen LogP contribution in [-0.4, -0.2) is 36.5 Å². The van der Waals surface area contributed by atoms with Gasteiger partial charge in [0.15, 0.2) is 0 Å². The maximum atomic E-state index is 11.5. The average Bonchev–Trinajstić information content (AvgIpc) is 2.24. The van der Waals surface area contributed by atoms with E-state index in [4.69, 9.17) is 4.74 Å². The first-order chi connectivity index (χ1) is 8.74. The molecule has 0 aliphatic rings. The smallest absolute Gasteiger partial charge is 0.306 e. The van der Waals surface area contributed by atoms with Gasteiger partial charge in [0, 0.05) is 24.9 Å². The highest BCUT2D eigenvalue weighted by atomic mass is 16.5. The van der Waals surface area contributed by atoms with Crippen LogP contribution >= 0.6 is 0 Å². The van der Waals surface area contributed by atoms with Gasteiger partial charge in [-0.15, -0.1) is 0 Å². The first-order valence-corrected chi connectivity index (χ1v) is 6.48. The summed E-state index contributed by atoms with van der Waals surface area (Å²) in [6, 6.07) is 0. The van der Waals surface area contributed by atoms with E-state index in [1.54, 1.807) is 6.92 Å². The van der Waals surface area contributed by atoms with Gasteiger partial charge in [-0.1, -0.05) is 0 Å². The van der Waals surface area contributed by atoms with Crippen molar-refractivity contribution in [2.45, 2.75) is 52.5 Å². The number of esters is 1. The first-order valence-electron chi connectivity index (χ1n) is 6.48. The van der Waals surface area contributed by atoms with E-state index in [0.717, 1.165) is 0 Å². The van der Waals surface area contributed by atoms with Gasteiger partial charge < -0.3 is 15.4 Å². The minimum Gasteiger partial charge on any atom is -0.466 e. The number of rotatable bonds is 7. The largest absolute Gasteiger partial charge is 0.466 e. The van der Waals surface area contributed by atoms with Crippen molar-refractivity contribution in [2.75, 3.05) is 13.2 Å². The molecule has 0 aromatic heterocycles. The van der Waals surface area contributed by atoms with Crippen LogP contribution < -0.4 is 10.6 Å². The summed E-state index contributed by atoms with van der Waals surface area (Å²) < 4.78 is 4.71. The number of carbonyl (C=O) groups excluding carboxylic acids is 3. The molecule has 0 atom stereocenters. The molecule has 0 radical (unpaired) electrons. The highest BCUT2D eigenvalue weighted by molar-refractivity contribution is 5.82. The standard InChI is InChI=1S/C13H24N2O4/c1-5-19-12(18)7-6-10(16)14-9-8-11(17)15-13(2,3)4/h5-9H2,1-4H3,(H,14,16)(H,15,17). The van der Waals surface area contributed by atoms with Crippen molar-refractivity contribution < 1.29 is 19.1 Å². The predicted octanol–water partition coefficient (Wildman–Crippen LogP) is 0.751. The third-order valence-electron chi connectivity index (χ3n) is 2.05. The molecule has 0 saturated heterocycles. The van der Waals surface area contributed by atoms with Gasteiger partial charge in [0.05, 0.1) is 13.0 Å². The van der Waals surface area contributed by atoms with Crippen LogP contribution in [0.2, 0.25) is 0 Å². The molecule has 0 fully saturated rings. The molecule has 110 valence electrons. The number of hydrogen-bond acceptors (Lipinski definition) is 4. The molecule has 6 heteroatoms.